The van der Waals surface area contributed by atoms with E-state index < -0.39 is 0 Å². The third-order valence-corrected chi connectivity index (χ3v) is 7.19. The number of amides is 1. The van der Waals surface area contributed by atoms with Crippen LogP contribution in [-0.4, -0.2) is 46.0 Å². The van der Waals surface area contributed by atoms with Crippen LogP contribution < -0.4 is 10.1 Å². The summed E-state index contributed by atoms with van der Waals surface area (Å²) in [5, 5.41) is 3.27. The fourth-order valence-corrected chi connectivity index (χ4v) is 5.81. The van der Waals surface area contributed by atoms with E-state index in [1.807, 2.05) is 0 Å². The number of methoxy groups -OCH3 is 1. The smallest absolute Gasteiger partial charge is 0.265 e. The van der Waals surface area contributed by atoms with Crippen LogP contribution in [-0.2, 0) is 6.54 Å². The van der Waals surface area contributed by atoms with Crippen LogP contribution in [0.15, 0.2) is 42.7 Å². The highest BCUT2D eigenvalue weighted by Gasteiger charge is 2.41. The molecule has 2 saturated heterocycles. The molecule has 2 aliphatic rings. The average molecular weight is 409 g/mol. The zero-order chi connectivity index (χ0) is 19.8. The molecule has 1 aromatic carbocycles. The van der Waals surface area contributed by atoms with Gasteiger partial charge in [-0.3, -0.25) is 9.69 Å². The number of nitrogens with one attached hydrogen (secondary N) is 1. The van der Waals surface area contributed by atoms with Gasteiger partial charge in [-0.1, -0.05) is 30.3 Å². The Bertz CT molecular complexity index is 1010. The van der Waals surface area contributed by atoms with Crippen molar-refractivity contribution in [1.29, 1.82) is 0 Å². The first-order valence-electron chi connectivity index (χ1n) is 10.1. The molecule has 7 heteroatoms. The fourth-order valence-electron chi connectivity index (χ4n) is 4.84. The molecule has 2 unspecified atom stereocenters. The molecule has 3 aromatic rings. The number of hydrogen-bond donors (Lipinski definition) is 1. The molecule has 2 aromatic heterocycles. The molecule has 0 radical (unpaired) electrons. The summed E-state index contributed by atoms with van der Waals surface area (Å²) in [4.78, 5) is 25.6. The van der Waals surface area contributed by atoms with Crippen LogP contribution in [0, 0.1) is 0 Å². The van der Waals surface area contributed by atoms with Gasteiger partial charge in [0.05, 0.1) is 7.11 Å². The van der Waals surface area contributed by atoms with Crippen molar-refractivity contribution >= 4 is 27.6 Å². The maximum absolute atomic E-state index is 13.0. The van der Waals surface area contributed by atoms with Crippen molar-refractivity contribution in [1.82, 2.24) is 20.2 Å². The molecule has 1 amide bonds. The number of nitrogens with zero attached hydrogens (tertiary/aromatic N) is 3. The zero-order valence-corrected chi connectivity index (χ0v) is 17.2. The number of aromatic nitrogens is 2. The van der Waals surface area contributed by atoms with Crippen LogP contribution in [0.4, 0.5) is 0 Å². The molecule has 5 rings (SSSR count). The van der Waals surface area contributed by atoms with Gasteiger partial charge in [0.2, 0.25) is 0 Å². The number of ether oxygens (including phenoxy) is 1. The zero-order valence-electron chi connectivity index (χ0n) is 16.4. The maximum atomic E-state index is 13.0. The summed E-state index contributed by atoms with van der Waals surface area (Å²) in [6, 6.07) is 11.9. The Hall–Kier alpha value is -2.51. The fraction of sp³-hybridized carbons (Fsp3) is 0.409. The van der Waals surface area contributed by atoms with Crippen LogP contribution in [0.1, 0.15) is 40.9 Å². The highest BCUT2D eigenvalue weighted by molar-refractivity contribution is 7.20. The van der Waals surface area contributed by atoms with E-state index in [1.54, 1.807) is 19.5 Å². The Balaban J connectivity index is 1.29. The van der Waals surface area contributed by atoms with Crippen LogP contribution in [0.25, 0.3) is 10.3 Å². The van der Waals surface area contributed by atoms with Gasteiger partial charge in [0.1, 0.15) is 15.2 Å². The van der Waals surface area contributed by atoms with Crippen LogP contribution >= 0.6 is 11.3 Å². The molecule has 1 N–H and O–H groups in total. The number of fused-ring (bicyclic) bond motifs is 3. The van der Waals surface area contributed by atoms with Gasteiger partial charge < -0.3 is 10.1 Å². The predicted octanol–water partition coefficient (Wildman–Crippen LogP) is 3.63. The molecular weight excluding hydrogens is 384 g/mol. The summed E-state index contributed by atoms with van der Waals surface area (Å²) < 4.78 is 5.49. The van der Waals surface area contributed by atoms with E-state index in [-0.39, 0.29) is 11.9 Å². The van der Waals surface area contributed by atoms with Crippen LogP contribution in [0.2, 0.25) is 0 Å². The first kappa shape index (κ1) is 18.5. The number of carbonyl (C=O) groups excluding carboxylic acids is 1. The van der Waals surface area contributed by atoms with Crippen molar-refractivity contribution in [2.75, 3.05) is 7.11 Å². The van der Waals surface area contributed by atoms with Crippen LogP contribution in [0.3, 0.4) is 0 Å². The first-order valence-corrected chi connectivity index (χ1v) is 10.9. The van der Waals surface area contributed by atoms with Gasteiger partial charge in [0.15, 0.2) is 5.75 Å². The molecule has 2 fully saturated rings. The minimum absolute atomic E-state index is 0.0763. The summed E-state index contributed by atoms with van der Waals surface area (Å²) in [5.41, 5.74) is 2.02. The molecule has 0 saturated carbocycles. The number of hydrogen-bond acceptors (Lipinski definition) is 6. The minimum Gasteiger partial charge on any atom is -0.493 e. The third-order valence-electron chi connectivity index (χ3n) is 6.12. The molecule has 2 aliphatic heterocycles. The van der Waals surface area contributed by atoms with E-state index in [2.05, 4.69) is 50.5 Å². The number of carbonyl (C=O) groups is 1. The van der Waals surface area contributed by atoms with E-state index in [1.165, 1.54) is 29.7 Å². The van der Waals surface area contributed by atoms with Crippen molar-refractivity contribution < 1.29 is 9.53 Å². The van der Waals surface area contributed by atoms with Crippen molar-refractivity contribution in [3.8, 4) is 5.75 Å². The maximum Gasteiger partial charge on any atom is 0.265 e. The molecule has 0 aliphatic carbocycles. The standard InChI is InChI=1S/C22H24N4O2S/c1-28-19-18-22(24-10-9-23-18)29-20(19)21(27)25-15-11-16-7-8-17(12-15)26(16)13-14-5-3-2-4-6-14/h2-6,9-10,15-17H,7-8,11-13H2,1H3,(H,25,27). The molecule has 150 valence electrons. The van der Waals surface area contributed by atoms with Gasteiger partial charge in [0.25, 0.3) is 5.91 Å². The Morgan fingerprint density at radius 3 is 2.62 bits per heavy atom. The van der Waals surface area contributed by atoms with Gasteiger partial charge in [-0.2, -0.15) is 0 Å². The Morgan fingerprint density at radius 2 is 1.90 bits per heavy atom. The van der Waals surface area contributed by atoms with Crippen molar-refractivity contribution in [3.63, 3.8) is 0 Å². The van der Waals surface area contributed by atoms with E-state index in [4.69, 9.17) is 4.74 Å². The molecule has 2 atom stereocenters. The molecule has 2 bridgehead atoms. The molecule has 6 nitrogen and oxygen atoms in total. The average Bonchev–Trinajstić information content (AvgIpc) is 3.22. The second kappa shape index (κ2) is 7.72. The lowest BCUT2D eigenvalue weighted by Crippen LogP contribution is -2.49. The monoisotopic (exact) mass is 408 g/mol. The summed E-state index contributed by atoms with van der Waals surface area (Å²) >= 11 is 1.34. The third kappa shape index (κ3) is 3.49. The molecule has 29 heavy (non-hydrogen) atoms. The van der Waals surface area contributed by atoms with Crippen molar-refractivity contribution in [2.45, 2.75) is 50.4 Å². The number of benzene rings is 1. The topological polar surface area (TPSA) is 67.3 Å². The van der Waals surface area contributed by atoms with Gasteiger partial charge in [-0.25, -0.2) is 9.97 Å². The lowest BCUT2D eigenvalue weighted by molar-refractivity contribution is 0.0829. The Labute approximate surface area is 173 Å². The van der Waals surface area contributed by atoms with Gasteiger partial charge in [0, 0.05) is 37.1 Å². The van der Waals surface area contributed by atoms with E-state index in [0.717, 1.165) is 24.2 Å². The Kier molecular flexibility index (Phi) is 4.93. The normalized spacial score (nSPS) is 24.0. The number of thiophene rings is 1. The van der Waals surface area contributed by atoms with Gasteiger partial charge in [-0.15, -0.1) is 11.3 Å². The lowest BCUT2D eigenvalue weighted by atomic mass is 9.96. The quantitative estimate of drug-likeness (QED) is 0.698. The lowest BCUT2D eigenvalue weighted by Gasteiger charge is -2.39. The van der Waals surface area contributed by atoms with E-state index >= 15 is 0 Å². The molecule has 4 heterocycles. The number of piperidine rings is 1. The van der Waals surface area contributed by atoms with Gasteiger partial charge >= 0.3 is 0 Å². The van der Waals surface area contributed by atoms with Crippen molar-refractivity contribution in [2.24, 2.45) is 0 Å². The largest absolute Gasteiger partial charge is 0.493 e. The summed E-state index contributed by atoms with van der Waals surface area (Å²) in [6.45, 7) is 0.998. The second-order valence-corrected chi connectivity index (χ2v) is 8.86. The highest BCUT2D eigenvalue weighted by atomic mass is 32.1. The summed E-state index contributed by atoms with van der Waals surface area (Å²) in [7, 11) is 1.58. The van der Waals surface area contributed by atoms with Crippen LogP contribution in [0.5, 0.6) is 5.75 Å². The summed E-state index contributed by atoms with van der Waals surface area (Å²) in [5.74, 6) is 0.452. The Morgan fingerprint density at radius 1 is 1.17 bits per heavy atom. The number of rotatable bonds is 5. The minimum atomic E-state index is -0.0763. The van der Waals surface area contributed by atoms with Crippen molar-refractivity contribution in [3.05, 3.63) is 53.2 Å². The second-order valence-electron chi connectivity index (χ2n) is 7.86. The molecule has 0 spiro atoms. The molecular formula is C22H24N4O2S. The SMILES string of the molecule is COc1c(C(=O)NC2CC3CCC(C2)N3Cc2ccccc2)sc2nccnc12. The predicted molar refractivity (Wildman–Crippen MR) is 113 cm³/mol. The van der Waals surface area contributed by atoms with Gasteiger partial charge in [-0.05, 0) is 31.2 Å². The van der Waals surface area contributed by atoms with E-state index in [9.17, 15) is 4.79 Å². The highest BCUT2D eigenvalue weighted by Crippen LogP contribution is 2.38. The first-order chi connectivity index (χ1) is 14.2. The summed E-state index contributed by atoms with van der Waals surface area (Å²) in [6.07, 6.45) is 7.69. The van der Waals surface area contributed by atoms with E-state index in [0.29, 0.717) is 28.2 Å².